The Morgan fingerprint density at radius 3 is 2.52 bits per heavy atom. The maximum Gasteiger partial charge on any atom is 0.388 e. The lowest BCUT2D eigenvalue weighted by atomic mass is 10.0. The molecule has 118 valence electrons. The quantitative estimate of drug-likeness (QED) is 0.667. The zero-order valence-corrected chi connectivity index (χ0v) is 11.9. The maximum atomic E-state index is 13.5. The van der Waals surface area contributed by atoms with Gasteiger partial charge in [-0.3, -0.25) is 0 Å². The number of halogens is 4. The van der Waals surface area contributed by atoms with Crippen molar-refractivity contribution in [3.05, 3.63) is 53.7 Å². The van der Waals surface area contributed by atoms with Gasteiger partial charge in [0.1, 0.15) is 0 Å². The van der Waals surface area contributed by atoms with E-state index in [1.807, 2.05) is 0 Å². The molecular weight excluding hydrogens is 312 g/mol. The second kappa shape index (κ2) is 5.83. The molecule has 1 aromatic heterocycles. The number of aromatic nitrogens is 2. The highest BCUT2D eigenvalue weighted by atomic mass is 19.3. The molecular formula is C16H10F4N2O. The van der Waals surface area contributed by atoms with E-state index in [-0.39, 0.29) is 5.88 Å². The molecule has 3 aromatic rings. The van der Waals surface area contributed by atoms with Crippen LogP contribution in [0.15, 0.2) is 36.5 Å². The predicted molar refractivity (Wildman–Crippen MR) is 76.3 cm³/mol. The zero-order chi connectivity index (χ0) is 16.6. The summed E-state index contributed by atoms with van der Waals surface area (Å²) in [6.07, 6.45) is 1.06. The Balaban J connectivity index is 2.18. The minimum atomic E-state index is -3.00. The summed E-state index contributed by atoms with van der Waals surface area (Å²) in [4.78, 5) is 8.04. The van der Waals surface area contributed by atoms with Crippen molar-refractivity contribution in [2.75, 3.05) is 0 Å². The van der Waals surface area contributed by atoms with E-state index < -0.39 is 18.2 Å². The van der Waals surface area contributed by atoms with Crippen molar-refractivity contribution < 1.29 is 22.3 Å². The first-order valence-electron chi connectivity index (χ1n) is 6.61. The van der Waals surface area contributed by atoms with Crippen molar-refractivity contribution in [1.82, 2.24) is 9.97 Å². The Hall–Kier alpha value is -2.70. The summed E-state index contributed by atoms with van der Waals surface area (Å²) in [5.74, 6) is -2.25. The number of rotatable bonds is 3. The molecule has 3 nitrogen and oxygen atoms in total. The monoisotopic (exact) mass is 322 g/mol. The molecule has 0 bridgehead atoms. The lowest BCUT2D eigenvalue weighted by Crippen LogP contribution is -2.04. The Kier molecular flexibility index (Phi) is 3.85. The topological polar surface area (TPSA) is 35.0 Å². The molecule has 0 aliphatic heterocycles. The third-order valence-corrected chi connectivity index (χ3v) is 3.21. The van der Waals surface area contributed by atoms with E-state index in [1.165, 1.54) is 6.07 Å². The fourth-order valence-electron chi connectivity index (χ4n) is 2.28. The van der Waals surface area contributed by atoms with E-state index in [4.69, 9.17) is 0 Å². The van der Waals surface area contributed by atoms with Gasteiger partial charge in [-0.05, 0) is 42.3 Å². The highest BCUT2D eigenvalue weighted by Crippen LogP contribution is 2.30. The van der Waals surface area contributed by atoms with Crippen molar-refractivity contribution in [3.63, 3.8) is 0 Å². The molecule has 0 fully saturated rings. The average molecular weight is 322 g/mol. The SMILES string of the molecule is Cc1cc(-c2ccc(F)c(F)c2)c2ncc(OC(F)F)nc2c1. The smallest absolute Gasteiger partial charge is 0.388 e. The van der Waals surface area contributed by atoms with Gasteiger partial charge in [-0.1, -0.05) is 6.07 Å². The van der Waals surface area contributed by atoms with E-state index in [2.05, 4.69) is 14.7 Å². The molecule has 0 aliphatic rings. The van der Waals surface area contributed by atoms with Gasteiger partial charge >= 0.3 is 6.61 Å². The summed E-state index contributed by atoms with van der Waals surface area (Å²) in [7, 11) is 0. The summed E-state index contributed by atoms with van der Waals surface area (Å²) in [6, 6.07) is 6.86. The molecule has 0 N–H and O–H groups in total. The molecule has 1 heterocycles. The molecule has 2 aromatic carbocycles. The summed E-state index contributed by atoms with van der Waals surface area (Å²) in [5, 5.41) is 0. The number of hydrogen-bond donors (Lipinski definition) is 0. The number of alkyl halides is 2. The highest BCUT2D eigenvalue weighted by molar-refractivity contribution is 5.92. The van der Waals surface area contributed by atoms with Crippen LogP contribution in [0.3, 0.4) is 0 Å². The second-order valence-corrected chi connectivity index (χ2v) is 4.90. The standard InChI is InChI=1S/C16H10F4N2O/c1-8-4-10(9-2-3-11(17)12(18)6-9)15-13(5-8)22-14(7-21-15)23-16(19)20/h2-7,16H,1H3. The first-order valence-corrected chi connectivity index (χ1v) is 6.61. The van der Waals surface area contributed by atoms with Gasteiger partial charge in [0.05, 0.1) is 17.2 Å². The summed E-state index contributed by atoms with van der Waals surface area (Å²) in [5.41, 5.74) is 2.40. The number of ether oxygens (including phenoxy) is 1. The van der Waals surface area contributed by atoms with Gasteiger partial charge < -0.3 is 4.74 Å². The fourth-order valence-corrected chi connectivity index (χ4v) is 2.28. The molecule has 0 spiro atoms. The van der Waals surface area contributed by atoms with Crippen LogP contribution >= 0.6 is 0 Å². The van der Waals surface area contributed by atoms with E-state index >= 15 is 0 Å². The normalized spacial score (nSPS) is 11.2. The van der Waals surface area contributed by atoms with Crippen molar-refractivity contribution in [3.8, 4) is 17.0 Å². The number of benzene rings is 2. The molecule has 0 saturated carbocycles. The minimum Gasteiger partial charge on any atom is -0.415 e. The van der Waals surface area contributed by atoms with E-state index in [0.29, 0.717) is 22.2 Å². The van der Waals surface area contributed by atoms with Crippen LogP contribution in [0.25, 0.3) is 22.2 Å². The Bertz CT molecular complexity index is 883. The molecule has 0 atom stereocenters. The van der Waals surface area contributed by atoms with Crippen molar-refractivity contribution in [1.29, 1.82) is 0 Å². The van der Waals surface area contributed by atoms with Crippen LogP contribution in [0, 0.1) is 18.6 Å². The number of nitrogens with zero attached hydrogens (tertiary/aromatic N) is 2. The third-order valence-electron chi connectivity index (χ3n) is 3.21. The third kappa shape index (κ3) is 3.08. The van der Waals surface area contributed by atoms with E-state index in [1.54, 1.807) is 19.1 Å². The van der Waals surface area contributed by atoms with Gasteiger partial charge in [0.25, 0.3) is 0 Å². The molecule has 7 heteroatoms. The Morgan fingerprint density at radius 1 is 1.04 bits per heavy atom. The number of hydrogen-bond acceptors (Lipinski definition) is 3. The molecule has 0 unspecified atom stereocenters. The van der Waals surface area contributed by atoms with Gasteiger partial charge in [0, 0.05) is 5.56 Å². The van der Waals surface area contributed by atoms with Crippen molar-refractivity contribution in [2.24, 2.45) is 0 Å². The zero-order valence-electron chi connectivity index (χ0n) is 11.9. The van der Waals surface area contributed by atoms with Crippen LogP contribution in [0.5, 0.6) is 5.88 Å². The van der Waals surface area contributed by atoms with Crippen LogP contribution in [0.2, 0.25) is 0 Å². The average Bonchev–Trinajstić information content (AvgIpc) is 2.48. The molecule has 0 saturated heterocycles. The second-order valence-electron chi connectivity index (χ2n) is 4.90. The van der Waals surface area contributed by atoms with Gasteiger partial charge in [-0.25, -0.2) is 18.7 Å². The first-order chi connectivity index (χ1) is 10.9. The van der Waals surface area contributed by atoms with Gasteiger partial charge in [-0.2, -0.15) is 8.78 Å². The molecule has 0 aliphatic carbocycles. The lowest BCUT2D eigenvalue weighted by Gasteiger charge is -2.09. The predicted octanol–water partition coefficient (Wildman–Crippen LogP) is 4.48. The molecule has 0 radical (unpaired) electrons. The molecule has 23 heavy (non-hydrogen) atoms. The maximum absolute atomic E-state index is 13.5. The summed E-state index contributed by atoms with van der Waals surface area (Å²) >= 11 is 0. The first kappa shape index (κ1) is 15.2. The van der Waals surface area contributed by atoms with E-state index in [0.717, 1.165) is 23.9 Å². The van der Waals surface area contributed by atoms with Crippen molar-refractivity contribution in [2.45, 2.75) is 13.5 Å². The van der Waals surface area contributed by atoms with Crippen LogP contribution in [-0.2, 0) is 0 Å². The Morgan fingerprint density at radius 2 is 1.83 bits per heavy atom. The highest BCUT2D eigenvalue weighted by Gasteiger charge is 2.13. The largest absolute Gasteiger partial charge is 0.415 e. The van der Waals surface area contributed by atoms with Crippen LogP contribution in [0.4, 0.5) is 17.6 Å². The van der Waals surface area contributed by atoms with Gasteiger partial charge in [0.15, 0.2) is 11.6 Å². The minimum absolute atomic E-state index is 0.311. The van der Waals surface area contributed by atoms with Crippen LogP contribution < -0.4 is 4.74 Å². The molecule has 0 amide bonds. The van der Waals surface area contributed by atoms with Crippen molar-refractivity contribution >= 4 is 11.0 Å². The van der Waals surface area contributed by atoms with Gasteiger partial charge in [-0.15, -0.1) is 0 Å². The summed E-state index contributed by atoms with van der Waals surface area (Å²) in [6.45, 7) is -1.23. The number of fused-ring (bicyclic) bond motifs is 1. The number of aryl methyl sites for hydroxylation is 1. The summed E-state index contributed by atoms with van der Waals surface area (Å²) < 4.78 is 55.3. The van der Waals surface area contributed by atoms with E-state index in [9.17, 15) is 17.6 Å². The molecule has 3 rings (SSSR count). The van der Waals surface area contributed by atoms with Crippen LogP contribution in [-0.4, -0.2) is 16.6 Å². The fraction of sp³-hybridized carbons (Fsp3) is 0.125. The van der Waals surface area contributed by atoms with Crippen LogP contribution in [0.1, 0.15) is 5.56 Å². The lowest BCUT2D eigenvalue weighted by molar-refractivity contribution is -0.0528. The van der Waals surface area contributed by atoms with Gasteiger partial charge in [0.2, 0.25) is 5.88 Å². The Labute approximate surface area is 128 Å².